The van der Waals surface area contributed by atoms with E-state index in [0.717, 1.165) is 24.1 Å². The predicted molar refractivity (Wildman–Crippen MR) is 96.5 cm³/mol. The Hall–Kier alpha value is -2.27. The quantitative estimate of drug-likeness (QED) is 0.925. The van der Waals surface area contributed by atoms with Gasteiger partial charge in [-0.1, -0.05) is 18.2 Å². The lowest BCUT2D eigenvalue weighted by Crippen LogP contribution is -2.52. The highest BCUT2D eigenvalue weighted by Gasteiger charge is 2.42. The van der Waals surface area contributed by atoms with Crippen LogP contribution in [0.15, 0.2) is 42.6 Å². The zero-order valence-corrected chi connectivity index (χ0v) is 14.9. The van der Waals surface area contributed by atoms with Gasteiger partial charge in [-0.05, 0) is 50.5 Å². The monoisotopic (exact) mass is 341 g/mol. The number of aromatic nitrogens is 1. The molecule has 1 fully saturated rings. The van der Waals surface area contributed by atoms with Crippen LogP contribution in [-0.2, 0) is 4.79 Å². The highest BCUT2D eigenvalue weighted by atomic mass is 19.1. The van der Waals surface area contributed by atoms with E-state index in [1.807, 2.05) is 39.1 Å². The molecule has 1 N–H and O–H groups in total. The number of amides is 1. The van der Waals surface area contributed by atoms with Crippen molar-refractivity contribution in [2.24, 2.45) is 0 Å². The molecule has 1 aliphatic heterocycles. The summed E-state index contributed by atoms with van der Waals surface area (Å²) < 4.78 is 14.1. The van der Waals surface area contributed by atoms with Gasteiger partial charge in [-0.3, -0.25) is 15.1 Å². The summed E-state index contributed by atoms with van der Waals surface area (Å²) in [7, 11) is 1.82. The Balaban J connectivity index is 1.84. The predicted octanol–water partition coefficient (Wildman–Crippen LogP) is 3.55. The zero-order chi connectivity index (χ0) is 18.0. The number of hydrogen-bond donors (Lipinski definition) is 1. The molecule has 5 heteroatoms. The van der Waals surface area contributed by atoms with E-state index in [9.17, 15) is 9.18 Å². The van der Waals surface area contributed by atoms with E-state index in [4.69, 9.17) is 0 Å². The van der Waals surface area contributed by atoms with Crippen LogP contribution in [0, 0.1) is 5.82 Å². The molecule has 1 aromatic heterocycles. The lowest BCUT2D eigenvalue weighted by atomic mass is 9.98. The molecule has 1 amide bonds. The third-order valence-electron chi connectivity index (χ3n) is 5.04. The molecule has 0 bridgehead atoms. The number of carbonyl (C=O) groups is 1. The first kappa shape index (κ1) is 17.5. The van der Waals surface area contributed by atoms with E-state index >= 15 is 0 Å². The lowest BCUT2D eigenvalue weighted by molar-refractivity contribution is -0.135. The summed E-state index contributed by atoms with van der Waals surface area (Å²) in [6.07, 6.45) is 3.29. The van der Waals surface area contributed by atoms with E-state index in [1.54, 1.807) is 23.2 Å². The van der Waals surface area contributed by atoms with Gasteiger partial charge in [0.2, 0.25) is 5.91 Å². The van der Waals surface area contributed by atoms with Crippen LogP contribution < -0.4 is 5.32 Å². The Labute approximate surface area is 148 Å². The van der Waals surface area contributed by atoms with E-state index in [0.29, 0.717) is 12.1 Å². The normalized spacial score (nSPS) is 22.8. The molecule has 3 rings (SSSR count). The largest absolute Gasteiger partial charge is 0.344 e. The van der Waals surface area contributed by atoms with Crippen LogP contribution in [-0.4, -0.2) is 34.9 Å². The summed E-state index contributed by atoms with van der Waals surface area (Å²) in [6.45, 7) is 4.59. The summed E-state index contributed by atoms with van der Waals surface area (Å²) in [6, 6.07) is 10.4. The Bertz CT molecular complexity index is 779. The first-order chi connectivity index (χ1) is 11.9. The number of likely N-dealkylation sites (N-methyl/N-ethyl adjacent to an activating group) is 1. The maximum absolute atomic E-state index is 14.1. The van der Waals surface area contributed by atoms with E-state index in [-0.39, 0.29) is 17.8 Å². The van der Waals surface area contributed by atoms with Crippen molar-refractivity contribution in [3.8, 4) is 11.1 Å². The van der Waals surface area contributed by atoms with Gasteiger partial charge in [0.05, 0.1) is 17.3 Å². The van der Waals surface area contributed by atoms with Gasteiger partial charge in [0.15, 0.2) is 0 Å². The number of nitrogens with zero attached hydrogens (tertiary/aromatic N) is 2. The second-order valence-electron chi connectivity index (χ2n) is 6.84. The first-order valence-corrected chi connectivity index (χ1v) is 8.68. The van der Waals surface area contributed by atoms with Crippen molar-refractivity contribution in [3.05, 3.63) is 54.1 Å². The molecule has 2 unspecified atom stereocenters. The summed E-state index contributed by atoms with van der Waals surface area (Å²) in [4.78, 5) is 18.8. The molecular weight excluding hydrogens is 317 g/mol. The number of halogens is 1. The van der Waals surface area contributed by atoms with Crippen molar-refractivity contribution >= 4 is 5.91 Å². The Kier molecular flexibility index (Phi) is 4.86. The number of rotatable bonds is 4. The molecule has 2 heterocycles. The van der Waals surface area contributed by atoms with Crippen LogP contribution >= 0.6 is 0 Å². The fourth-order valence-corrected chi connectivity index (χ4v) is 3.42. The van der Waals surface area contributed by atoms with E-state index < -0.39 is 5.54 Å². The molecule has 1 aliphatic rings. The Morgan fingerprint density at radius 3 is 2.88 bits per heavy atom. The average Bonchev–Trinajstić information content (AvgIpc) is 3.04. The maximum atomic E-state index is 14.1. The van der Waals surface area contributed by atoms with Gasteiger partial charge in [0, 0.05) is 25.4 Å². The van der Waals surface area contributed by atoms with Gasteiger partial charge >= 0.3 is 0 Å². The van der Waals surface area contributed by atoms with Gasteiger partial charge in [-0.25, -0.2) is 4.39 Å². The summed E-state index contributed by atoms with van der Waals surface area (Å²) in [5, 5.41) is 3.44. The molecule has 2 aromatic rings. The number of carbonyl (C=O) groups excluding carboxylic acids is 1. The van der Waals surface area contributed by atoms with Crippen molar-refractivity contribution < 1.29 is 9.18 Å². The molecule has 1 aromatic carbocycles. The second-order valence-corrected chi connectivity index (χ2v) is 6.84. The fourth-order valence-electron chi connectivity index (χ4n) is 3.42. The lowest BCUT2D eigenvalue weighted by Gasteiger charge is -2.29. The number of pyridine rings is 1. The van der Waals surface area contributed by atoms with Crippen molar-refractivity contribution in [3.63, 3.8) is 0 Å². The van der Waals surface area contributed by atoms with Crippen molar-refractivity contribution in [2.75, 3.05) is 13.6 Å². The Morgan fingerprint density at radius 1 is 1.40 bits per heavy atom. The minimum absolute atomic E-state index is 0.00840. The van der Waals surface area contributed by atoms with Gasteiger partial charge in [-0.2, -0.15) is 0 Å². The van der Waals surface area contributed by atoms with E-state index in [2.05, 4.69) is 10.3 Å². The minimum atomic E-state index is -0.578. The molecule has 2 atom stereocenters. The van der Waals surface area contributed by atoms with Crippen LogP contribution in [0.3, 0.4) is 0 Å². The molecule has 0 saturated carbocycles. The second kappa shape index (κ2) is 6.92. The first-order valence-electron chi connectivity index (χ1n) is 8.68. The summed E-state index contributed by atoms with van der Waals surface area (Å²) in [5.41, 5.74) is 1.63. The molecule has 0 spiro atoms. The Morgan fingerprint density at radius 2 is 2.16 bits per heavy atom. The highest BCUT2D eigenvalue weighted by Crippen LogP contribution is 2.34. The number of benzene rings is 1. The van der Waals surface area contributed by atoms with Crippen molar-refractivity contribution in [2.45, 2.75) is 38.3 Å². The smallest absolute Gasteiger partial charge is 0.242 e. The number of nitrogens with one attached hydrogen (secondary N) is 1. The summed E-state index contributed by atoms with van der Waals surface area (Å²) >= 11 is 0. The van der Waals surface area contributed by atoms with Crippen LogP contribution in [0.4, 0.5) is 4.39 Å². The van der Waals surface area contributed by atoms with Crippen LogP contribution in [0.5, 0.6) is 0 Å². The topological polar surface area (TPSA) is 45.2 Å². The zero-order valence-electron chi connectivity index (χ0n) is 14.9. The van der Waals surface area contributed by atoms with Crippen LogP contribution in [0.25, 0.3) is 11.1 Å². The molecular formula is C20H24FN3O. The maximum Gasteiger partial charge on any atom is 0.242 e. The minimum Gasteiger partial charge on any atom is -0.344 e. The van der Waals surface area contributed by atoms with E-state index in [1.165, 1.54) is 6.07 Å². The molecule has 132 valence electrons. The SMILES string of the molecule is CCN(C)C(=O)C1(C)CCC(c2cc(-c3ccccc3F)ccn2)N1. The third kappa shape index (κ3) is 3.42. The van der Waals surface area contributed by atoms with Crippen molar-refractivity contribution in [1.29, 1.82) is 0 Å². The standard InChI is InChI=1S/C20H24FN3O/c1-4-24(3)19(25)20(2)11-9-17(23-20)18-13-14(10-12-22-18)15-7-5-6-8-16(15)21/h5-8,10,12-13,17,23H,4,9,11H2,1-3H3. The van der Waals surface area contributed by atoms with Gasteiger partial charge in [0.1, 0.15) is 5.82 Å². The summed E-state index contributed by atoms with van der Waals surface area (Å²) in [5.74, 6) is -0.147. The van der Waals surface area contributed by atoms with Crippen LogP contribution in [0.1, 0.15) is 38.4 Å². The van der Waals surface area contributed by atoms with Gasteiger partial charge in [-0.15, -0.1) is 0 Å². The van der Waals surface area contributed by atoms with Gasteiger partial charge < -0.3 is 4.90 Å². The average molecular weight is 341 g/mol. The number of hydrogen-bond acceptors (Lipinski definition) is 3. The van der Waals surface area contributed by atoms with Gasteiger partial charge in [0.25, 0.3) is 0 Å². The fraction of sp³-hybridized carbons (Fsp3) is 0.400. The third-order valence-corrected chi connectivity index (χ3v) is 5.04. The molecule has 0 aliphatic carbocycles. The molecule has 1 saturated heterocycles. The van der Waals surface area contributed by atoms with Crippen molar-refractivity contribution in [1.82, 2.24) is 15.2 Å². The molecule has 4 nitrogen and oxygen atoms in total. The molecule has 0 radical (unpaired) electrons. The van der Waals surface area contributed by atoms with Crippen LogP contribution in [0.2, 0.25) is 0 Å². The molecule has 25 heavy (non-hydrogen) atoms. The highest BCUT2D eigenvalue weighted by molar-refractivity contribution is 5.86.